The number of H-pyrrole nitrogens is 1. The van der Waals surface area contributed by atoms with Gasteiger partial charge in [-0.05, 0) is 25.3 Å². The van der Waals surface area contributed by atoms with Crippen molar-refractivity contribution in [1.29, 1.82) is 0 Å². The molecule has 2 unspecified atom stereocenters. The summed E-state index contributed by atoms with van der Waals surface area (Å²) in [5, 5.41) is 10.5. The lowest BCUT2D eigenvalue weighted by atomic mass is 9.87. The van der Waals surface area contributed by atoms with Crippen molar-refractivity contribution in [3.05, 3.63) is 18.0 Å². The summed E-state index contributed by atoms with van der Waals surface area (Å²) in [6.45, 7) is 11.1. The zero-order valence-corrected chi connectivity index (χ0v) is 9.76. The lowest BCUT2D eigenvalue weighted by molar-refractivity contribution is 0.267. The molecule has 0 radical (unpaired) electrons. The fourth-order valence-electron chi connectivity index (χ4n) is 1.22. The molecule has 3 nitrogen and oxygen atoms in total. The van der Waals surface area contributed by atoms with E-state index in [9.17, 15) is 0 Å². The van der Waals surface area contributed by atoms with Gasteiger partial charge in [-0.2, -0.15) is 5.10 Å². The van der Waals surface area contributed by atoms with Crippen LogP contribution in [0.15, 0.2) is 12.3 Å². The molecule has 0 bridgehead atoms. The van der Waals surface area contributed by atoms with Gasteiger partial charge in [-0.25, -0.2) is 0 Å². The third-order valence-electron chi connectivity index (χ3n) is 2.79. The highest BCUT2D eigenvalue weighted by atomic mass is 15.1. The zero-order valence-electron chi connectivity index (χ0n) is 9.76. The third-order valence-corrected chi connectivity index (χ3v) is 2.79. The number of rotatable bonds is 3. The first kappa shape index (κ1) is 11.2. The molecule has 0 aliphatic heterocycles. The Hall–Kier alpha value is -0.830. The largest absolute Gasteiger partial charge is 0.306 e. The van der Waals surface area contributed by atoms with E-state index >= 15 is 0 Å². The van der Waals surface area contributed by atoms with Crippen LogP contribution in [-0.4, -0.2) is 16.2 Å². The fourth-order valence-corrected chi connectivity index (χ4v) is 1.22. The molecule has 0 aromatic carbocycles. The van der Waals surface area contributed by atoms with Crippen LogP contribution >= 0.6 is 0 Å². The Morgan fingerprint density at radius 2 is 2.00 bits per heavy atom. The van der Waals surface area contributed by atoms with E-state index in [2.05, 4.69) is 50.1 Å². The second-order valence-corrected chi connectivity index (χ2v) is 4.99. The molecular formula is C11H21N3. The van der Waals surface area contributed by atoms with Crippen LogP contribution < -0.4 is 5.32 Å². The third kappa shape index (κ3) is 2.84. The quantitative estimate of drug-likeness (QED) is 0.778. The molecule has 2 N–H and O–H groups in total. The van der Waals surface area contributed by atoms with Crippen LogP contribution in [0.2, 0.25) is 0 Å². The van der Waals surface area contributed by atoms with Crippen LogP contribution in [0.4, 0.5) is 0 Å². The molecular weight excluding hydrogens is 174 g/mol. The molecule has 0 fully saturated rings. The molecule has 3 heteroatoms. The van der Waals surface area contributed by atoms with E-state index in [1.807, 2.05) is 6.07 Å². The van der Waals surface area contributed by atoms with E-state index in [1.54, 1.807) is 6.20 Å². The van der Waals surface area contributed by atoms with Gasteiger partial charge in [0.2, 0.25) is 0 Å². The van der Waals surface area contributed by atoms with Gasteiger partial charge in [0, 0.05) is 18.3 Å². The summed E-state index contributed by atoms with van der Waals surface area (Å²) in [5.41, 5.74) is 1.43. The minimum absolute atomic E-state index is 0.286. The monoisotopic (exact) mass is 195 g/mol. The highest BCUT2D eigenvalue weighted by Gasteiger charge is 2.21. The van der Waals surface area contributed by atoms with Crippen LogP contribution in [0.3, 0.4) is 0 Å². The van der Waals surface area contributed by atoms with Crippen molar-refractivity contribution in [3.63, 3.8) is 0 Å². The normalized spacial score (nSPS) is 16.6. The average Bonchev–Trinajstić information content (AvgIpc) is 2.53. The maximum Gasteiger partial charge on any atom is 0.0518 e. The summed E-state index contributed by atoms with van der Waals surface area (Å²) >= 11 is 0. The summed E-state index contributed by atoms with van der Waals surface area (Å²) in [4.78, 5) is 0. The van der Waals surface area contributed by atoms with E-state index in [4.69, 9.17) is 0 Å². The highest BCUT2D eigenvalue weighted by Crippen LogP contribution is 2.21. The molecule has 0 aliphatic rings. The SMILES string of the molecule is CC(NC(C)C(C)(C)C)c1ccn[nH]1. The van der Waals surface area contributed by atoms with Crippen molar-refractivity contribution in [2.45, 2.75) is 46.7 Å². The molecule has 0 saturated carbocycles. The second-order valence-electron chi connectivity index (χ2n) is 4.99. The lowest BCUT2D eigenvalue weighted by Gasteiger charge is -2.30. The fraction of sp³-hybridized carbons (Fsp3) is 0.727. The van der Waals surface area contributed by atoms with Gasteiger partial charge in [-0.1, -0.05) is 20.8 Å². The maximum atomic E-state index is 3.95. The van der Waals surface area contributed by atoms with Crippen molar-refractivity contribution >= 4 is 0 Å². The minimum Gasteiger partial charge on any atom is -0.306 e. The first-order valence-corrected chi connectivity index (χ1v) is 5.16. The van der Waals surface area contributed by atoms with E-state index in [-0.39, 0.29) is 5.41 Å². The summed E-state index contributed by atoms with van der Waals surface area (Å²) < 4.78 is 0. The van der Waals surface area contributed by atoms with Crippen molar-refractivity contribution < 1.29 is 0 Å². The van der Waals surface area contributed by atoms with E-state index < -0.39 is 0 Å². The lowest BCUT2D eigenvalue weighted by Crippen LogP contribution is -2.39. The molecule has 2 atom stereocenters. The second kappa shape index (κ2) is 4.13. The van der Waals surface area contributed by atoms with Gasteiger partial charge < -0.3 is 5.32 Å². The summed E-state index contributed by atoms with van der Waals surface area (Å²) in [7, 11) is 0. The van der Waals surface area contributed by atoms with Gasteiger partial charge in [-0.15, -0.1) is 0 Å². The molecule has 1 aromatic heterocycles. The van der Waals surface area contributed by atoms with Crippen molar-refractivity contribution in [2.75, 3.05) is 0 Å². The van der Waals surface area contributed by atoms with Gasteiger partial charge in [0.05, 0.1) is 5.69 Å². The summed E-state index contributed by atoms with van der Waals surface area (Å²) in [5.74, 6) is 0. The Labute approximate surface area is 86.3 Å². The Kier molecular flexibility index (Phi) is 3.32. The average molecular weight is 195 g/mol. The molecule has 1 rings (SSSR count). The predicted octanol–water partition coefficient (Wildman–Crippen LogP) is 2.49. The molecule has 0 amide bonds. The predicted molar refractivity (Wildman–Crippen MR) is 59.1 cm³/mol. The molecule has 1 aromatic rings. The number of nitrogens with zero attached hydrogens (tertiary/aromatic N) is 1. The number of hydrogen-bond donors (Lipinski definition) is 2. The number of nitrogens with one attached hydrogen (secondary N) is 2. The Morgan fingerprint density at radius 3 is 2.43 bits per heavy atom. The van der Waals surface area contributed by atoms with Crippen LogP contribution in [0.25, 0.3) is 0 Å². The van der Waals surface area contributed by atoms with Gasteiger partial charge in [0.1, 0.15) is 0 Å². The molecule has 1 heterocycles. The first-order valence-electron chi connectivity index (χ1n) is 5.16. The zero-order chi connectivity index (χ0) is 10.8. The van der Waals surface area contributed by atoms with Crippen LogP contribution in [-0.2, 0) is 0 Å². The smallest absolute Gasteiger partial charge is 0.0518 e. The van der Waals surface area contributed by atoms with Crippen molar-refractivity contribution in [1.82, 2.24) is 15.5 Å². The van der Waals surface area contributed by atoms with Crippen LogP contribution in [0.5, 0.6) is 0 Å². The van der Waals surface area contributed by atoms with Crippen LogP contribution in [0, 0.1) is 5.41 Å². The summed E-state index contributed by atoms with van der Waals surface area (Å²) in [6, 6.07) is 2.81. The van der Waals surface area contributed by atoms with E-state index in [1.165, 1.54) is 0 Å². The molecule has 14 heavy (non-hydrogen) atoms. The molecule has 0 spiro atoms. The Bertz CT molecular complexity index is 259. The summed E-state index contributed by atoms with van der Waals surface area (Å²) in [6.07, 6.45) is 1.79. The molecule has 0 saturated heterocycles. The Morgan fingerprint density at radius 1 is 1.36 bits per heavy atom. The van der Waals surface area contributed by atoms with Gasteiger partial charge in [0.25, 0.3) is 0 Å². The standard InChI is InChI=1S/C11H21N3/c1-8(10-6-7-12-14-10)13-9(2)11(3,4)5/h6-9,13H,1-5H3,(H,12,14). The van der Waals surface area contributed by atoms with E-state index in [0.29, 0.717) is 12.1 Å². The van der Waals surface area contributed by atoms with Gasteiger partial charge >= 0.3 is 0 Å². The van der Waals surface area contributed by atoms with Crippen LogP contribution in [0.1, 0.15) is 46.4 Å². The molecule has 0 aliphatic carbocycles. The van der Waals surface area contributed by atoms with Gasteiger partial charge in [-0.3, -0.25) is 5.10 Å². The number of aromatic nitrogens is 2. The van der Waals surface area contributed by atoms with Crippen molar-refractivity contribution in [3.8, 4) is 0 Å². The highest BCUT2D eigenvalue weighted by molar-refractivity contribution is 5.03. The molecule has 80 valence electrons. The van der Waals surface area contributed by atoms with E-state index in [0.717, 1.165) is 5.69 Å². The maximum absolute atomic E-state index is 3.95. The van der Waals surface area contributed by atoms with Crippen molar-refractivity contribution in [2.24, 2.45) is 5.41 Å². The van der Waals surface area contributed by atoms with Gasteiger partial charge in [0.15, 0.2) is 0 Å². The first-order chi connectivity index (χ1) is 6.41. The Balaban J connectivity index is 2.53. The number of aromatic amines is 1. The minimum atomic E-state index is 0.286. The topological polar surface area (TPSA) is 40.7 Å². The number of hydrogen-bond acceptors (Lipinski definition) is 2.